The molecule has 0 saturated heterocycles. The van der Waals surface area contributed by atoms with E-state index >= 15 is 0 Å². The van der Waals surface area contributed by atoms with Crippen LogP contribution in [0.1, 0.15) is 13.8 Å². The number of halogens is 2. The fourth-order valence-corrected chi connectivity index (χ4v) is 5.03. The number of rotatable bonds is 6. The summed E-state index contributed by atoms with van der Waals surface area (Å²) >= 11 is 11.8. The molecule has 0 aromatic heterocycles. The molecular weight excluding hydrogens is 362 g/mol. The van der Waals surface area contributed by atoms with Crippen LogP contribution in [0.2, 0.25) is 10.0 Å². The molecule has 0 aliphatic rings. The summed E-state index contributed by atoms with van der Waals surface area (Å²) in [5, 5.41) is -0.406. The van der Waals surface area contributed by atoms with Crippen LogP contribution in [-0.2, 0) is 27.9 Å². The molecule has 1 rings (SSSR count). The molecule has 1 aromatic carbocycles. The zero-order valence-electron chi connectivity index (χ0n) is 11.8. The van der Waals surface area contributed by atoms with Crippen LogP contribution in [0, 0.1) is 0 Å². The maximum absolute atomic E-state index is 12.6. The smallest absolute Gasteiger partial charge is 0.309 e. The largest absolute Gasteiger partial charge is 0.361 e. The van der Waals surface area contributed by atoms with Crippen LogP contribution >= 0.6 is 30.8 Å². The Morgan fingerprint density at radius 1 is 1.14 bits per heavy atom. The van der Waals surface area contributed by atoms with E-state index in [2.05, 4.69) is 4.18 Å². The zero-order valence-corrected chi connectivity index (χ0v) is 15.0. The normalized spacial score (nSPS) is 15.2. The lowest BCUT2D eigenvalue weighted by molar-refractivity contribution is 0.195. The summed E-state index contributed by atoms with van der Waals surface area (Å²) in [7, 11) is -5.54. The lowest BCUT2D eigenvalue weighted by atomic mass is 10.3. The molecule has 0 bridgehead atoms. The predicted molar refractivity (Wildman–Crippen MR) is 81.1 cm³/mol. The molecule has 0 aliphatic carbocycles. The number of hydrogen-bond acceptors (Lipinski definition) is 6. The van der Waals surface area contributed by atoms with Crippen LogP contribution in [0.15, 0.2) is 17.0 Å². The second-order valence-corrected chi connectivity index (χ2v) is 8.75. The second-order valence-electron chi connectivity index (χ2n) is 4.19. The van der Waals surface area contributed by atoms with Crippen molar-refractivity contribution in [2.45, 2.75) is 24.8 Å². The van der Waals surface area contributed by atoms with Gasteiger partial charge in [0.2, 0.25) is 0 Å². The summed E-state index contributed by atoms with van der Waals surface area (Å²) in [5.41, 5.74) is 0. The van der Waals surface area contributed by atoms with Crippen LogP contribution in [-0.4, -0.2) is 28.7 Å². The van der Waals surface area contributed by atoms with Crippen molar-refractivity contribution >= 4 is 46.2 Å². The standard InChI is InChI=1S/C11H15Cl2O6PS/c1-7(2)19-20(14,17-3)8-5-9(12)11(10(13)6-8)21(15,16)18-4/h5-7H,1-4H3. The molecule has 0 spiro atoms. The Hall–Kier alpha value is -0.140. The summed E-state index contributed by atoms with van der Waals surface area (Å²) < 4.78 is 50.6. The van der Waals surface area contributed by atoms with E-state index in [0.717, 1.165) is 7.11 Å². The van der Waals surface area contributed by atoms with E-state index < -0.39 is 22.6 Å². The summed E-state index contributed by atoms with van der Waals surface area (Å²) in [4.78, 5) is -0.399. The van der Waals surface area contributed by atoms with Crippen LogP contribution in [0.25, 0.3) is 0 Å². The van der Waals surface area contributed by atoms with Gasteiger partial charge in [-0.3, -0.25) is 8.75 Å². The Kier molecular flexibility index (Phi) is 6.27. The highest BCUT2D eigenvalue weighted by molar-refractivity contribution is 7.87. The molecule has 1 aromatic rings. The lowest BCUT2D eigenvalue weighted by Crippen LogP contribution is -2.15. The molecular formula is C11H15Cl2O6PS. The first kappa shape index (κ1) is 18.9. The molecule has 0 amide bonds. The van der Waals surface area contributed by atoms with E-state index in [-0.39, 0.29) is 21.5 Å². The minimum absolute atomic E-state index is 0.0590. The average molecular weight is 377 g/mol. The van der Waals surface area contributed by atoms with E-state index in [1.165, 1.54) is 19.2 Å². The Bertz CT molecular complexity index is 650. The van der Waals surface area contributed by atoms with Gasteiger partial charge >= 0.3 is 7.60 Å². The SMILES string of the molecule is COP(=O)(OC(C)C)c1cc(Cl)c(S(=O)(=O)OC)c(Cl)c1. The topological polar surface area (TPSA) is 78.9 Å². The third-order valence-corrected chi connectivity index (χ3v) is 6.63. The van der Waals surface area contributed by atoms with E-state index in [1.54, 1.807) is 13.8 Å². The van der Waals surface area contributed by atoms with Crippen molar-refractivity contribution < 1.29 is 26.2 Å². The molecule has 21 heavy (non-hydrogen) atoms. The number of hydrogen-bond donors (Lipinski definition) is 0. The van der Waals surface area contributed by atoms with Crippen molar-refractivity contribution in [2.24, 2.45) is 0 Å². The maximum Gasteiger partial charge on any atom is 0.361 e. The molecule has 1 atom stereocenters. The fraction of sp³-hybridized carbons (Fsp3) is 0.455. The maximum atomic E-state index is 12.6. The molecule has 0 radical (unpaired) electrons. The van der Waals surface area contributed by atoms with Crippen molar-refractivity contribution in [3.63, 3.8) is 0 Å². The second kappa shape index (κ2) is 6.96. The minimum atomic E-state index is -4.09. The van der Waals surface area contributed by atoms with Gasteiger partial charge in [-0.2, -0.15) is 8.42 Å². The minimum Gasteiger partial charge on any atom is -0.309 e. The predicted octanol–water partition coefficient (Wildman–Crippen LogP) is 3.22. The van der Waals surface area contributed by atoms with E-state index in [0.29, 0.717) is 0 Å². The molecule has 1 unspecified atom stereocenters. The quantitative estimate of drug-likeness (QED) is 0.560. The third-order valence-electron chi connectivity index (χ3n) is 2.36. The highest BCUT2D eigenvalue weighted by Gasteiger charge is 2.31. The third kappa shape index (κ3) is 4.20. The average Bonchev–Trinajstić information content (AvgIpc) is 2.36. The number of benzene rings is 1. The van der Waals surface area contributed by atoms with Crippen molar-refractivity contribution in [3.8, 4) is 0 Å². The van der Waals surface area contributed by atoms with E-state index in [4.69, 9.17) is 32.2 Å². The summed E-state index contributed by atoms with van der Waals surface area (Å²) in [6.07, 6.45) is -0.379. The van der Waals surface area contributed by atoms with Crippen LogP contribution < -0.4 is 5.30 Å². The van der Waals surface area contributed by atoms with Crippen molar-refractivity contribution in [2.75, 3.05) is 14.2 Å². The van der Waals surface area contributed by atoms with Crippen molar-refractivity contribution in [1.29, 1.82) is 0 Å². The molecule has 6 nitrogen and oxygen atoms in total. The van der Waals surface area contributed by atoms with Gasteiger partial charge in [0.05, 0.1) is 28.6 Å². The zero-order chi connectivity index (χ0) is 16.4. The molecule has 0 aliphatic heterocycles. The molecule has 0 fully saturated rings. The summed E-state index contributed by atoms with van der Waals surface area (Å²) in [5.74, 6) is 0. The van der Waals surface area contributed by atoms with Crippen LogP contribution in [0.5, 0.6) is 0 Å². The highest BCUT2D eigenvalue weighted by atomic mass is 35.5. The van der Waals surface area contributed by atoms with Crippen LogP contribution in [0.4, 0.5) is 0 Å². The van der Waals surface area contributed by atoms with E-state index in [1.807, 2.05) is 0 Å². The molecule has 0 N–H and O–H groups in total. The van der Waals surface area contributed by atoms with Crippen molar-refractivity contribution in [1.82, 2.24) is 0 Å². The van der Waals surface area contributed by atoms with Gasteiger partial charge in [0.25, 0.3) is 10.1 Å². The monoisotopic (exact) mass is 376 g/mol. The van der Waals surface area contributed by atoms with Crippen molar-refractivity contribution in [3.05, 3.63) is 22.2 Å². The van der Waals surface area contributed by atoms with E-state index in [9.17, 15) is 13.0 Å². The Balaban J connectivity index is 3.48. The van der Waals surface area contributed by atoms with Gasteiger partial charge < -0.3 is 9.05 Å². The van der Waals surface area contributed by atoms with Gasteiger partial charge in [-0.15, -0.1) is 0 Å². The molecule has 120 valence electrons. The van der Waals surface area contributed by atoms with Gasteiger partial charge in [-0.05, 0) is 26.0 Å². The Labute approximate surface area is 134 Å². The summed E-state index contributed by atoms with van der Waals surface area (Å²) in [6, 6.07) is 2.35. The molecule has 0 heterocycles. The lowest BCUT2D eigenvalue weighted by Gasteiger charge is -2.20. The summed E-state index contributed by atoms with van der Waals surface area (Å²) in [6.45, 7) is 3.36. The molecule has 0 saturated carbocycles. The Morgan fingerprint density at radius 3 is 1.95 bits per heavy atom. The van der Waals surface area contributed by atoms with Crippen LogP contribution in [0.3, 0.4) is 0 Å². The first-order valence-electron chi connectivity index (χ1n) is 5.72. The van der Waals surface area contributed by atoms with Gasteiger partial charge in [-0.1, -0.05) is 23.2 Å². The Morgan fingerprint density at radius 2 is 1.62 bits per heavy atom. The fourth-order valence-electron chi connectivity index (χ4n) is 1.51. The highest BCUT2D eigenvalue weighted by Crippen LogP contribution is 2.49. The van der Waals surface area contributed by atoms with Gasteiger partial charge in [0.15, 0.2) is 0 Å². The first-order chi connectivity index (χ1) is 9.57. The first-order valence-corrected chi connectivity index (χ1v) is 9.42. The van der Waals surface area contributed by atoms with Gasteiger partial charge in [-0.25, -0.2) is 0 Å². The van der Waals surface area contributed by atoms with Gasteiger partial charge in [0.1, 0.15) is 4.90 Å². The molecule has 10 heteroatoms. The van der Waals surface area contributed by atoms with Gasteiger partial charge in [0, 0.05) is 7.11 Å².